The second-order valence-corrected chi connectivity index (χ2v) is 2.22. The van der Waals surface area contributed by atoms with Crippen LogP contribution in [-0.4, -0.2) is 23.5 Å². The molecule has 0 bridgehead atoms. The highest BCUT2D eigenvalue weighted by Crippen LogP contribution is 1.97. The Hall–Kier alpha value is -0.440. The van der Waals surface area contributed by atoms with E-state index in [4.69, 9.17) is 5.41 Å². The van der Waals surface area contributed by atoms with E-state index in [1.54, 1.807) is 11.9 Å². The van der Waals surface area contributed by atoms with Gasteiger partial charge in [-0.05, 0) is 6.92 Å². The predicted octanol–water partition coefficient (Wildman–Crippen LogP) is 1.36. The number of allylic oxidation sites excluding steroid dienone is 1. The van der Waals surface area contributed by atoms with Crippen LogP contribution >= 0.6 is 12.6 Å². The predicted molar refractivity (Wildman–Crippen MR) is 44.2 cm³/mol. The standard InChI is InChI=1S/C6H12N2S/c1-5(2)8(3)6(7)4-9/h7,9H,1,4H2,2-3H3. The van der Waals surface area contributed by atoms with Crippen LogP contribution in [0.25, 0.3) is 0 Å². The van der Waals surface area contributed by atoms with E-state index < -0.39 is 0 Å². The van der Waals surface area contributed by atoms with Crippen molar-refractivity contribution in [1.82, 2.24) is 4.90 Å². The molecule has 0 rings (SSSR count). The van der Waals surface area contributed by atoms with E-state index in [-0.39, 0.29) is 0 Å². The fraction of sp³-hybridized carbons (Fsp3) is 0.500. The highest BCUT2D eigenvalue weighted by atomic mass is 32.1. The van der Waals surface area contributed by atoms with E-state index in [2.05, 4.69) is 19.2 Å². The van der Waals surface area contributed by atoms with Gasteiger partial charge in [0.15, 0.2) is 0 Å². The van der Waals surface area contributed by atoms with E-state index >= 15 is 0 Å². The fourth-order valence-corrected chi connectivity index (χ4v) is 0.549. The molecule has 0 aliphatic heterocycles. The quantitative estimate of drug-likeness (QED) is 0.342. The molecule has 0 saturated carbocycles. The normalized spacial score (nSPS) is 8.78. The summed E-state index contributed by atoms with van der Waals surface area (Å²) in [5.74, 6) is 0.939. The van der Waals surface area contributed by atoms with Gasteiger partial charge < -0.3 is 4.90 Å². The Kier molecular flexibility index (Phi) is 3.39. The highest BCUT2D eigenvalue weighted by Gasteiger charge is 1.99. The summed E-state index contributed by atoms with van der Waals surface area (Å²) in [5.41, 5.74) is 0.869. The van der Waals surface area contributed by atoms with E-state index in [0.717, 1.165) is 5.70 Å². The summed E-state index contributed by atoms with van der Waals surface area (Å²) in [5, 5.41) is 7.26. The molecule has 0 radical (unpaired) electrons. The summed E-state index contributed by atoms with van der Waals surface area (Å²) >= 11 is 3.94. The first kappa shape index (κ1) is 8.56. The Morgan fingerprint density at radius 3 is 2.33 bits per heavy atom. The zero-order valence-corrected chi connectivity index (χ0v) is 6.70. The van der Waals surface area contributed by atoms with Crippen molar-refractivity contribution in [2.75, 3.05) is 12.8 Å². The maximum absolute atomic E-state index is 7.26. The minimum atomic E-state index is 0.462. The smallest absolute Gasteiger partial charge is 0.110 e. The average molecular weight is 144 g/mol. The molecule has 0 saturated heterocycles. The molecule has 0 aliphatic rings. The Balaban J connectivity index is 3.88. The van der Waals surface area contributed by atoms with Crippen LogP contribution in [0.4, 0.5) is 0 Å². The van der Waals surface area contributed by atoms with Crippen molar-refractivity contribution in [2.45, 2.75) is 6.92 Å². The average Bonchev–Trinajstić information content (AvgIpc) is 1.84. The summed E-state index contributed by atoms with van der Waals surface area (Å²) in [7, 11) is 1.81. The van der Waals surface area contributed by atoms with E-state index in [9.17, 15) is 0 Å². The maximum Gasteiger partial charge on any atom is 0.110 e. The molecule has 52 valence electrons. The van der Waals surface area contributed by atoms with Crippen LogP contribution in [0, 0.1) is 5.41 Å². The number of nitrogens with one attached hydrogen (secondary N) is 1. The van der Waals surface area contributed by atoms with Crippen LogP contribution < -0.4 is 0 Å². The summed E-state index contributed by atoms with van der Waals surface area (Å²) in [4.78, 5) is 1.70. The molecule has 0 aromatic heterocycles. The number of amidine groups is 1. The molecule has 0 aromatic rings. The zero-order chi connectivity index (χ0) is 7.44. The van der Waals surface area contributed by atoms with Crippen molar-refractivity contribution < 1.29 is 0 Å². The molecular formula is C6H12N2S. The van der Waals surface area contributed by atoms with Gasteiger partial charge in [-0.1, -0.05) is 6.58 Å². The summed E-state index contributed by atoms with van der Waals surface area (Å²) in [6.45, 7) is 5.53. The van der Waals surface area contributed by atoms with Crippen molar-refractivity contribution in [3.05, 3.63) is 12.3 Å². The van der Waals surface area contributed by atoms with Gasteiger partial charge in [0.25, 0.3) is 0 Å². The molecule has 2 nitrogen and oxygen atoms in total. The van der Waals surface area contributed by atoms with Crippen molar-refractivity contribution in [3.63, 3.8) is 0 Å². The molecule has 9 heavy (non-hydrogen) atoms. The van der Waals surface area contributed by atoms with Gasteiger partial charge in [-0.3, -0.25) is 5.41 Å². The number of hydrogen-bond donors (Lipinski definition) is 2. The van der Waals surface area contributed by atoms with Gasteiger partial charge in [0, 0.05) is 18.5 Å². The molecule has 3 heteroatoms. The first-order valence-corrected chi connectivity index (χ1v) is 3.30. The first-order chi connectivity index (χ1) is 4.09. The molecule has 0 aromatic carbocycles. The monoisotopic (exact) mass is 144 g/mol. The molecule has 0 aliphatic carbocycles. The second-order valence-electron chi connectivity index (χ2n) is 1.90. The van der Waals surface area contributed by atoms with E-state index in [0.29, 0.717) is 11.6 Å². The van der Waals surface area contributed by atoms with Crippen LogP contribution in [0.2, 0.25) is 0 Å². The minimum Gasteiger partial charge on any atom is -0.337 e. The van der Waals surface area contributed by atoms with E-state index in [1.807, 2.05) is 6.92 Å². The number of thiol groups is 1. The molecule has 0 spiro atoms. The lowest BCUT2D eigenvalue weighted by atomic mass is 10.4. The third-order valence-corrected chi connectivity index (χ3v) is 1.43. The lowest BCUT2D eigenvalue weighted by Crippen LogP contribution is -2.24. The second kappa shape index (κ2) is 3.56. The Morgan fingerprint density at radius 2 is 2.22 bits per heavy atom. The topological polar surface area (TPSA) is 27.1 Å². The Morgan fingerprint density at radius 1 is 1.78 bits per heavy atom. The molecular weight excluding hydrogens is 132 g/mol. The Bertz CT molecular complexity index is 131. The summed E-state index contributed by atoms with van der Waals surface area (Å²) in [6.07, 6.45) is 0. The van der Waals surface area contributed by atoms with Crippen LogP contribution in [0.15, 0.2) is 12.3 Å². The molecule has 0 unspecified atom stereocenters. The number of rotatable bonds is 2. The van der Waals surface area contributed by atoms with Crippen molar-refractivity contribution >= 4 is 18.5 Å². The van der Waals surface area contributed by atoms with Gasteiger partial charge in [-0.2, -0.15) is 12.6 Å². The summed E-state index contributed by atoms with van der Waals surface area (Å²) in [6, 6.07) is 0. The summed E-state index contributed by atoms with van der Waals surface area (Å²) < 4.78 is 0. The third-order valence-electron chi connectivity index (χ3n) is 1.13. The molecule has 0 atom stereocenters. The van der Waals surface area contributed by atoms with Crippen molar-refractivity contribution in [3.8, 4) is 0 Å². The highest BCUT2D eigenvalue weighted by molar-refractivity contribution is 7.81. The van der Waals surface area contributed by atoms with Gasteiger partial charge in [0.2, 0.25) is 0 Å². The van der Waals surface area contributed by atoms with Gasteiger partial charge in [-0.25, -0.2) is 0 Å². The van der Waals surface area contributed by atoms with E-state index in [1.165, 1.54) is 0 Å². The first-order valence-electron chi connectivity index (χ1n) is 2.67. The molecule has 0 fully saturated rings. The largest absolute Gasteiger partial charge is 0.337 e. The fourth-order valence-electron chi connectivity index (χ4n) is 0.336. The van der Waals surface area contributed by atoms with Crippen molar-refractivity contribution in [2.24, 2.45) is 0 Å². The van der Waals surface area contributed by atoms with Crippen LogP contribution in [0.1, 0.15) is 6.92 Å². The van der Waals surface area contributed by atoms with Gasteiger partial charge in [-0.15, -0.1) is 0 Å². The maximum atomic E-state index is 7.26. The van der Waals surface area contributed by atoms with Crippen LogP contribution in [0.3, 0.4) is 0 Å². The van der Waals surface area contributed by atoms with Gasteiger partial charge in [0.05, 0.1) is 0 Å². The van der Waals surface area contributed by atoms with Crippen LogP contribution in [0.5, 0.6) is 0 Å². The zero-order valence-electron chi connectivity index (χ0n) is 5.81. The van der Waals surface area contributed by atoms with Gasteiger partial charge >= 0.3 is 0 Å². The van der Waals surface area contributed by atoms with Gasteiger partial charge in [0.1, 0.15) is 5.84 Å². The molecule has 1 N–H and O–H groups in total. The molecule has 0 amide bonds. The number of nitrogens with zero attached hydrogens (tertiary/aromatic N) is 1. The lowest BCUT2D eigenvalue weighted by molar-refractivity contribution is 0.623. The Labute approximate surface area is 61.5 Å². The van der Waals surface area contributed by atoms with Crippen LogP contribution in [-0.2, 0) is 0 Å². The number of hydrogen-bond acceptors (Lipinski definition) is 2. The van der Waals surface area contributed by atoms with Crippen molar-refractivity contribution in [1.29, 1.82) is 5.41 Å². The molecule has 0 heterocycles. The minimum absolute atomic E-state index is 0.462. The lowest BCUT2D eigenvalue weighted by Gasteiger charge is -2.17. The third kappa shape index (κ3) is 2.56. The SMILES string of the molecule is C=C(C)N(C)C(=N)CS.